The number of fused-ring (bicyclic) bond motifs is 3. The van der Waals surface area contributed by atoms with Crippen molar-refractivity contribution in [3.05, 3.63) is 71.4 Å². The number of hydrogen-bond donors (Lipinski definition) is 2. The van der Waals surface area contributed by atoms with Crippen molar-refractivity contribution in [1.29, 1.82) is 0 Å². The van der Waals surface area contributed by atoms with Crippen molar-refractivity contribution in [3.8, 4) is 0 Å². The summed E-state index contributed by atoms with van der Waals surface area (Å²) in [6.07, 6.45) is 0.917. The highest BCUT2D eigenvalue weighted by atomic mass is 32.1. The Morgan fingerprint density at radius 3 is 2.67 bits per heavy atom. The van der Waals surface area contributed by atoms with Gasteiger partial charge in [-0.15, -0.1) is 0 Å². The van der Waals surface area contributed by atoms with Crippen LogP contribution in [-0.4, -0.2) is 27.4 Å². The van der Waals surface area contributed by atoms with E-state index < -0.39 is 0 Å². The second kappa shape index (κ2) is 6.09. The number of aromatic nitrogens is 1. The molecule has 1 amide bonds. The monoisotopic (exact) mass is 335 g/mol. The number of nitrogens with one attached hydrogen (secondary N) is 2. The molecule has 0 aliphatic carbocycles. The molecular formula is C19H17N3OS. The maximum atomic E-state index is 12.3. The van der Waals surface area contributed by atoms with E-state index in [0.717, 1.165) is 18.5 Å². The van der Waals surface area contributed by atoms with Gasteiger partial charge in [0.2, 0.25) is 0 Å². The van der Waals surface area contributed by atoms with Gasteiger partial charge in [-0.2, -0.15) is 0 Å². The molecule has 0 radical (unpaired) electrons. The number of nitrogens with zero attached hydrogens (tertiary/aromatic N) is 1. The molecule has 0 fully saturated rings. The Bertz CT molecular complexity index is 917. The molecule has 0 spiro atoms. The van der Waals surface area contributed by atoms with Crippen LogP contribution in [0.4, 0.5) is 0 Å². The fourth-order valence-corrected chi connectivity index (χ4v) is 3.45. The Morgan fingerprint density at radius 1 is 1.08 bits per heavy atom. The van der Waals surface area contributed by atoms with Gasteiger partial charge in [0.15, 0.2) is 5.11 Å². The third-order valence-electron chi connectivity index (χ3n) is 4.43. The highest BCUT2D eigenvalue weighted by molar-refractivity contribution is 7.80. The number of hydrogen-bond acceptors (Lipinski definition) is 2. The summed E-state index contributed by atoms with van der Waals surface area (Å²) in [5, 5.41) is 4.60. The topological polar surface area (TPSA) is 48.1 Å². The Balaban J connectivity index is 1.50. The minimum absolute atomic E-state index is 0.164. The second-order valence-corrected chi connectivity index (χ2v) is 6.31. The lowest BCUT2D eigenvalue weighted by atomic mass is 10.0. The molecule has 24 heavy (non-hydrogen) atoms. The van der Waals surface area contributed by atoms with E-state index in [4.69, 9.17) is 12.2 Å². The normalized spacial score (nSPS) is 13.6. The maximum Gasteiger partial charge on any atom is 0.257 e. The number of aromatic amines is 1. The second-order valence-electron chi connectivity index (χ2n) is 5.92. The minimum atomic E-state index is -0.164. The zero-order valence-electron chi connectivity index (χ0n) is 13.1. The predicted octanol–water partition coefficient (Wildman–Crippen LogP) is 3.24. The van der Waals surface area contributed by atoms with Crippen LogP contribution in [0.1, 0.15) is 21.6 Å². The molecule has 2 N–H and O–H groups in total. The Labute approximate surface area is 145 Å². The smallest absolute Gasteiger partial charge is 0.257 e. The predicted molar refractivity (Wildman–Crippen MR) is 98.9 cm³/mol. The van der Waals surface area contributed by atoms with Crippen LogP contribution in [0.15, 0.2) is 54.6 Å². The summed E-state index contributed by atoms with van der Waals surface area (Å²) in [7, 11) is 0. The maximum absolute atomic E-state index is 12.3. The molecule has 0 saturated heterocycles. The van der Waals surface area contributed by atoms with Crippen LogP contribution in [0.3, 0.4) is 0 Å². The van der Waals surface area contributed by atoms with Crippen molar-refractivity contribution < 1.29 is 4.79 Å². The van der Waals surface area contributed by atoms with Crippen molar-refractivity contribution in [2.24, 2.45) is 0 Å². The van der Waals surface area contributed by atoms with Crippen LogP contribution in [0.25, 0.3) is 10.9 Å². The molecule has 0 saturated carbocycles. The Morgan fingerprint density at radius 2 is 1.83 bits per heavy atom. The van der Waals surface area contributed by atoms with Gasteiger partial charge in [-0.05, 0) is 42.4 Å². The molecule has 3 aromatic rings. The summed E-state index contributed by atoms with van der Waals surface area (Å²) in [6.45, 7) is 1.50. The average Bonchev–Trinajstić information content (AvgIpc) is 3.00. The number of H-pyrrole nitrogens is 1. The summed E-state index contributed by atoms with van der Waals surface area (Å²) < 4.78 is 0. The fourth-order valence-electron chi connectivity index (χ4n) is 3.20. The van der Waals surface area contributed by atoms with Crippen LogP contribution >= 0.6 is 12.2 Å². The van der Waals surface area contributed by atoms with Crippen molar-refractivity contribution >= 4 is 34.1 Å². The van der Waals surface area contributed by atoms with Crippen LogP contribution in [0.2, 0.25) is 0 Å². The van der Waals surface area contributed by atoms with Crippen molar-refractivity contribution in [2.45, 2.75) is 13.0 Å². The first-order valence-corrected chi connectivity index (χ1v) is 8.37. The van der Waals surface area contributed by atoms with E-state index in [9.17, 15) is 4.79 Å². The van der Waals surface area contributed by atoms with E-state index in [1.807, 2.05) is 29.2 Å². The van der Waals surface area contributed by atoms with E-state index in [1.54, 1.807) is 12.1 Å². The molecule has 0 atom stereocenters. The number of thiocarbonyl (C=S) groups is 1. The SMILES string of the molecule is O=C(NC(=S)N1CCc2c([nH]c3ccccc23)C1)c1ccccc1. The third-order valence-corrected chi connectivity index (χ3v) is 4.79. The molecule has 0 unspecified atom stereocenters. The summed E-state index contributed by atoms with van der Waals surface area (Å²) in [5.74, 6) is -0.164. The highest BCUT2D eigenvalue weighted by Gasteiger charge is 2.23. The lowest BCUT2D eigenvalue weighted by molar-refractivity contribution is 0.0972. The summed E-state index contributed by atoms with van der Waals surface area (Å²) in [5.41, 5.74) is 4.31. The average molecular weight is 335 g/mol. The van der Waals surface area contributed by atoms with Gasteiger partial charge < -0.3 is 9.88 Å². The zero-order valence-corrected chi connectivity index (χ0v) is 13.9. The molecule has 120 valence electrons. The molecule has 4 rings (SSSR count). The van der Waals surface area contributed by atoms with Crippen molar-refractivity contribution in [1.82, 2.24) is 15.2 Å². The molecule has 5 heteroatoms. The van der Waals surface area contributed by atoms with E-state index >= 15 is 0 Å². The molecule has 1 aliphatic rings. The van der Waals surface area contributed by atoms with E-state index in [1.165, 1.54) is 16.6 Å². The van der Waals surface area contributed by atoms with E-state index in [-0.39, 0.29) is 5.91 Å². The molecule has 1 aromatic heterocycles. The van der Waals surface area contributed by atoms with Crippen LogP contribution < -0.4 is 5.32 Å². The van der Waals surface area contributed by atoms with Gasteiger partial charge in [0.25, 0.3) is 5.91 Å². The van der Waals surface area contributed by atoms with Gasteiger partial charge in [0.05, 0.1) is 6.54 Å². The standard InChI is InChI=1S/C19H17N3OS/c23-18(13-6-2-1-3-7-13)21-19(24)22-11-10-15-14-8-4-5-9-16(14)20-17(15)12-22/h1-9,20H,10-12H2,(H,21,23,24). The van der Waals surface area contributed by atoms with Gasteiger partial charge in [0.1, 0.15) is 0 Å². The summed E-state index contributed by atoms with van der Waals surface area (Å²) >= 11 is 5.44. The number of carbonyl (C=O) groups is 1. The number of rotatable bonds is 1. The van der Waals surface area contributed by atoms with Crippen LogP contribution in [-0.2, 0) is 13.0 Å². The summed E-state index contributed by atoms with van der Waals surface area (Å²) in [6, 6.07) is 17.5. The largest absolute Gasteiger partial charge is 0.357 e. The lowest BCUT2D eigenvalue weighted by Gasteiger charge is -2.29. The zero-order chi connectivity index (χ0) is 16.5. The van der Waals surface area contributed by atoms with Gasteiger partial charge in [-0.3, -0.25) is 10.1 Å². The first-order valence-electron chi connectivity index (χ1n) is 7.96. The molecule has 1 aliphatic heterocycles. The van der Waals surface area contributed by atoms with E-state index in [2.05, 4.69) is 28.5 Å². The quantitative estimate of drug-likeness (QED) is 0.671. The first kappa shape index (κ1) is 14.9. The van der Waals surface area contributed by atoms with Crippen LogP contribution in [0.5, 0.6) is 0 Å². The number of carbonyl (C=O) groups excluding carboxylic acids is 1. The number of para-hydroxylation sites is 1. The molecule has 2 heterocycles. The first-order chi connectivity index (χ1) is 11.7. The third kappa shape index (κ3) is 2.67. The molecule has 0 bridgehead atoms. The van der Waals surface area contributed by atoms with Gasteiger partial charge in [0, 0.05) is 28.7 Å². The lowest BCUT2D eigenvalue weighted by Crippen LogP contribution is -2.44. The number of benzene rings is 2. The van der Waals surface area contributed by atoms with Crippen LogP contribution in [0, 0.1) is 0 Å². The Hall–Kier alpha value is -2.66. The molecule has 4 nitrogen and oxygen atoms in total. The van der Waals surface area contributed by atoms with Crippen molar-refractivity contribution in [2.75, 3.05) is 6.54 Å². The number of amides is 1. The summed E-state index contributed by atoms with van der Waals surface area (Å²) in [4.78, 5) is 17.8. The van der Waals surface area contributed by atoms with Gasteiger partial charge in [-0.1, -0.05) is 36.4 Å². The minimum Gasteiger partial charge on any atom is -0.357 e. The highest BCUT2D eigenvalue weighted by Crippen LogP contribution is 2.27. The van der Waals surface area contributed by atoms with E-state index in [0.29, 0.717) is 17.2 Å². The van der Waals surface area contributed by atoms with Crippen molar-refractivity contribution in [3.63, 3.8) is 0 Å². The van der Waals surface area contributed by atoms with Gasteiger partial charge in [-0.25, -0.2) is 0 Å². The Kier molecular flexibility index (Phi) is 3.78. The molecule has 2 aromatic carbocycles. The fraction of sp³-hybridized carbons (Fsp3) is 0.158. The van der Waals surface area contributed by atoms with Gasteiger partial charge >= 0.3 is 0 Å². The molecular weight excluding hydrogens is 318 g/mol.